The highest BCUT2D eigenvalue weighted by Gasteiger charge is 2.43. The minimum absolute atomic E-state index is 0.0617. The number of benzene rings is 2. The van der Waals surface area contributed by atoms with Crippen molar-refractivity contribution in [2.75, 3.05) is 5.32 Å². The van der Waals surface area contributed by atoms with Crippen LogP contribution in [0.5, 0.6) is 0 Å². The van der Waals surface area contributed by atoms with Gasteiger partial charge in [-0.15, -0.1) is 0 Å². The molecule has 0 spiro atoms. The van der Waals surface area contributed by atoms with Gasteiger partial charge in [-0.2, -0.15) is 5.10 Å². The van der Waals surface area contributed by atoms with Crippen LogP contribution in [0.25, 0.3) is 0 Å². The Balaban J connectivity index is 1.36. The van der Waals surface area contributed by atoms with Crippen LogP contribution in [-0.2, 0) is 11.3 Å². The summed E-state index contributed by atoms with van der Waals surface area (Å²) in [6, 6.07) is 22.2. The molecule has 0 radical (unpaired) electrons. The van der Waals surface area contributed by atoms with E-state index in [9.17, 15) is 4.79 Å². The predicted octanol–water partition coefficient (Wildman–Crippen LogP) is 3.67. The first-order valence-electron chi connectivity index (χ1n) is 8.23. The van der Waals surface area contributed by atoms with Gasteiger partial charge in [0.1, 0.15) is 0 Å². The summed E-state index contributed by atoms with van der Waals surface area (Å²) in [5.74, 6) is 1.09. The third-order valence-electron chi connectivity index (χ3n) is 4.43. The number of hydrogen-bond donors (Lipinski definition) is 1. The molecule has 1 aliphatic carbocycles. The molecule has 1 N–H and O–H groups in total. The Kier molecular flexibility index (Phi) is 3.87. The fourth-order valence-electron chi connectivity index (χ4n) is 3.06. The highest BCUT2D eigenvalue weighted by atomic mass is 16.2. The van der Waals surface area contributed by atoms with E-state index in [-0.39, 0.29) is 11.8 Å². The number of rotatable bonds is 5. The lowest BCUT2D eigenvalue weighted by Crippen LogP contribution is -2.15. The normalized spacial score (nSPS) is 19.0. The fraction of sp³-hybridized carbons (Fsp3) is 0.200. The summed E-state index contributed by atoms with van der Waals surface area (Å²) in [5.41, 5.74) is 2.43. The summed E-state index contributed by atoms with van der Waals surface area (Å²) in [7, 11) is 0. The van der Waals surface area contributed by atoms with Crippen molar-refractivity contribution in [1.82, 2.24) is 9.78 Å². The summed E-state index contributed by atoms with van der Waals surface area (Å²) in [5, 5.41) is 7.38. The second-order valence-electron chi connectivity index (χ2n) is 6.23. The zero-order valence-corrected chi connectivity index (χ0v) is 13.3. The van der Waals surface area contributed by atoms with Gasteiger partial charge in [0.15, 0.2) is 5.82 Å². The van der Waals surface area contributed by atoms with Crippen LogP contribution in [0.3, 0.4) is 0 Å². The Labute approximate surface area is 141 Å². The van der Waals surface area contributed by atoms with Crippen LogP contribution in [0, 0.1) is 5.92 Å². The maximum atomic E-state index is 12.4. The Morgan fingerprint density at radius 3 is 2.50 bits per heavy atom. The van der Waals surface area contributed by atoms with E-state index in [4.69, 9.17) is 0 Å². The summed E-state index contributed by atoms with van der Waals surface area (Å²) < 4.78 is 1.84. The van der Waals surface area contributed by atoms with E-state index in [1.54, 1.807) is 0 Å². The lowest BCUT2D eigenvalue weighted by molar-refractivity contribution is -0.117. The highest BCUT2D eigenvalue weighted by molar-refractivity contribution is 5.94. The molecule has 0 saturated heterocycles. The van der Waals surface area contributed by atoms with Crippen LogP contribution < -0.4 is 5.32 Å². The van der Waals surface area contributed by atoms with Crippen molar-refractivity contribution in [2.45, 2.75) is 18.9 Å². The molecule has 2 aromatic carbocycles. The van der Waals surface area contributed by atoms with Crippen LogP contribution in [0.1, 0.15) is 23.5 Å². The number of amides is 1. The zero-order valence-electron chi connectivity index (χ0n) is 13.3. The first-order chi connectivity index (χ1) is 11.8. The highest BCUT2D eigenvalue weighted by Crippen LogP contribution is 2.47. The number of anilines is 1. The summed E-state index contributed by atoms with van der Waals surface area (Å²) in [6.07, 6.45) is 2.81. The first-order valence-corrected chi connectivity index (χ1v) is 8.23. The van der Waals surface area contributed by atoms with Crippen LogP contribution in [0.2, 0.25) is 0 Å². The standard InChI is InChI=1S/C20H19N3O/c24-20(18-13-17(18)16-9-5-2-6-10-16)21-19-11-12-23(22-19)14-15-7-3-1-4-8-15/h1-12,17-18H,13-14H2,(H,21,22,24). The largest absolute Gasteiger partial charge is 0.309 e. The molecule has 1 aliphatic rings. The lowest BCUT2D eigenvalue weighted by atomic mass is 10.1. The van der Waals surface area contributed by atoms with Crippen molar-refractivity contribution in [1.29, 1.82) is 0 Å². The molecule has 0 bridgehead atoms. The molecular formula is C20H19N3O. The molecule has 3 aromatic rings. The maximum absolute atomic E-state index is 12.4. The molecule has 1 amide bonds. The number of nitrogens with zero attached hydrogens (tertiary/aromatic N) is 2. The molecule has 1 aromatic heterocycles. The summed E-state index contributed by atoms with van der Waals surface area (Å²) in [4.78, 5) is 12.4. The van der Waals surface area contributed by atoms with Gasteiger partial charge in [-0.25, -0.2) is 0 Å². The van der Waals surface area contributed by atoms with Crippen molar-refractivity contribution in [2.24, 2.45) is 5.92 Å². The summed E-state index contributed by atoms with van der Waals surface area (Å²) >= 11 is 0. The average Bonchev–Trinajstić information content (AvgIpc) is 3.32. The van der Waals surface area contributed by atoms with E-state index >= 15 is 0 Å². The average molecular weight is 317 g/mol. The van der Waals surface area contributed by atoms with Crippen molar-refractivity contribution in [3.63, 3.8) is 0 Å². The Morgan fingerprint density at radius 2 is 1.75 bits per heavy atom. The van der Waals surface area contributed by atoms with Gasteiger partial charge in [0, 0.05) is 18.2 Å². The predicted molar refractivity (Wildman–Crippen MR) is 93.7 cm³/mol. The molecule has 1 saturated carbocycles. The minimum Gasteiger partial charge on any atom is -0.309 e. The topological polar surface area (TPSA) is 46.9 Å². The molecule has 4 heteroatoms. The maximum Gasteiger partial charge on any atom is 0.229 e. The number of hydrogen-bond acceptors (Lipinski definition) is 2. The molecule has 24 heavy (non-hydrogen) atoms. The molecular weight excluding hydrogens is 298 g/mol. The van der Waals surface area contributed by atoms with Gasteiger partial charge in [-0.05, 0) is 23.5 Å². The third-order valence-corrected chi connectivity index (χ3v) is 4.43. The summed E-state index contributed by atoms with van der Waals surface area (Å²) in [6.45, 7) is 0.701. The van der Waals surface area contributed by atoms with Crippen molar-refractivity contribution < 1.29 is 4.79 Å². The van der Waals surface area contributed by atoms with Gasteiger partial charge in [0.2, 0.25) is 5.91 Å². The van der Waals surface area contributed by atoms with E-state index in [2.05, 4.69) is 34.7 Å². The molecule has 4 rings (SSSR count). The molecule has 2 unspecified atom stereocenters. The third kappa shape index (κ3) is 3.23. The van der Waals surface area contributed by atoms with Gasteiger partial charge >= 0.3 is 0 Å². The quantitative estimate of drug-likeness (QED) is 0.780. The van der Waals surface area contributed by atoms with E-state index in [1.165, 1.54) is 11.1 Å². The molecule has 1 fully saturated rings. The smallest absolute Gasteiger partial charge is 0.229 e. The van der Waals surface area contributed by atoms with Gasteiger partial charge in [0.25, 0.3) is 0 Å². The van der Waals surface area contributed by atoms with Crippen molar-refractivity contribution in [3.05, 3.63) is 84.1 Å². The number of aromatic nitrogens is 2. The Bertz CT molecular complexity index is 826. The van der Waals surface area contributed by atoms with Crippen molar-refractivity contribution in [3.8, 4) is 0 Å². The molecule has 2 atom stereocenters. The van der Waals surface area contributed by atoms with E-state index < -0.39 is 0 Å². The molecule has 120 valence electrons. The molecule has 0 aliphatic heterocycles. The fourth-order valence-corrected chi connectivity index (χ4v) is 3.06. The Morgan fingerprint density at radius 1 is 1.04 bits per heavy atom. The van der Waals surface area contributed by atoms with Gasteiger partial charge in [-0.3, -0.25) is 9.48 Å². The second-order valence-corrected chi connectivity index (χ2v) is 6.23. The minimum atomic E-state index is 0.0617. The van der Waals surface area contributed by atoms with E-state index in [1.807, 2.05) is 53.3 Å². The van der Waals surface area contributed by atoms with Crippen LogP contribution in [0.4, 0.5) is 5.82 Å². The first kappa shape index (κ1) is 14.7. The van der Waals surface area contributed by atoms with Gasteiger partial charge in [0.05, 0.1) is 6.54 Å². The molecule has 1 heterocycles. The van der Waals surface area contributed by atoms with E-state index in [0.29, 0.717) is 18.3 Å². The number of carbonyl (C=O) groups is 1. The number of carbonyl (C=O) groups excluding carboxylic acids is 1. The van der Waals surface area contributed by atoms with Gasteiger partial charge < -0.3 is 5.32 Å². The Hall–Kier alpha value is -2.88. The van der Waals surface area contributed by atoms with E-state index in [0.717, 1.165) is 6.42 Å². The monoisotopic (exact) mass is 317 g/mol. The SMILES string of the molecule is O=C(Nc1ccn(Cc2ccccc2)n1)C1CC1c1ccccc1. The second kappa shape index (κ2) is 6.32. The lowest BCUT2D eigenvalue weighted by Gasteiger charge is -2.03. The molecule has 4 nitrogen and oxygen atoms in total. The number of nitrogens with one attached hydrogen (secondary N) is 1. The zero-order chi connectivity index (χ0) is 16.4. The van der Waals surface area contributed by atoms with Crippen LogP contribution in [0.15, 0.2) is 72.9 Å². The van der Waals surface area contributed by atoms with Crippen LogP contribution in [-0.4, -0.2) is 15.7 Å². The van der Waals surface area contributed by atoms with Crippen molar-refractivity contribution >= 4 is 11.7 Å². The van der Waals surface area contributed by atoms with Gasteiger partial charge in [-0.1, -0.05) is 60.7 Å². The van der Waals surface area contributed by atoms with Crippen LogP contribution >= 0.6 is 0 Å².